The number of nitrogens with zero attached hydrogens (tertiary/aromatic N) is 4. The van der Waals surface area contributed by atoms with Crippen molar-refractivity contribution >= 4 is 43.7 Å². The fraction of sp³-hybridized carbons (Fsp3) is 0.484. The molecule has 11 nitrogen and oxygen atoms in total. The number of nitrogens with two attached hydrogens (primary N) is 2. The molecule has 0 bridgehead atoms. The molecule has 2 aromatic carbocycles. The van der Waals surface area contributed by atoms with Crippen LogP contribution in [0.1, 0.15) is 57.1 Å². The number of nitrogens with one attached hydrogen (secondary N) is 1. The third-order valence-electron chi connectivity index (χ3n) is 7.14. The second-order valence-electron chi connectivity index (χ2n) is 10.4. The third kappa shape index (κ3) is 9.02. The van der Waals surface area contributed by atoms with E-state index in [1.807, 2.05) is 24.3 Å². The molecule has 0 saturated carbocycles. The number of anilines is 2. The minimum absolute atomic E-state index is 0.250. The smallest absolute Gasteiger partial charge is 0.222 e. The average Bonchev–Trinajstić information content (AvgIpc) is 3.31. The largest absolute Gasteiger partial charge is 0.496 e. The van der Waals surface area contributed by atoms with E-state index in [9.17, 15) is 8.42 Å². The Balaban J connectivity index is 0.000000325. The van der Waals surface area contributed by atoms with E-state index in [0.717, 1.165) is 89.9 Å². The highest BCUT2D eigenvalue weighted by molar-refractivity contribution is 7.88. The predicted octanol–water partition coefficient (Wildman–Crippen LogP) is 4.32. The van der Waals surface area contributed by atoms with Gasteiger partial charge in [-0.15, -0.1) is 0 Å². The molecule has 6 N–H and O–H groups in total. The number of nitrogen functional groups attached to an aromatic ring is 1. The molecular formula is C31H47N7O4S. The molecule has 1 fully saturated rings. The number of ether oxygens (including phenoxy) is 1. The molecule has 1 aliphatic heterocycles. The van der Waals surface area contributed by atoms with Gasteiger partial charge in [0.2, 0.25) is 16.0 Å². The molecule has 0 unspecified atom stereocenters. The Morgan fingerprint density at radius 1 is 1.07 bits per heavy atom. The number of para-hydroxylation sites is 1. The van der Waals surface area contributed by atoms with E-state index in [-0.39, 0.29) is 12.6 Å². The van der Waals surface area contributed by atoms with Gasteiger partial charge < -0.3 is 31.2 Å². The first kappa shape index (κ1) is 34.0. The number of sulfonamides is 1. The first-order valence-corrected chi connectivity index (χ1v) is 16.7. The Kier molecular flexibility index (Phi) is 13.0. The molecule has 2 aromatic heterocycles. The average molecular weight is 614 g/mol. The summed E-state index contributed by atoms with van der Waals surface area (Å²) in [5.41, 5.74) is 16.9. The zero-order valence-electron chi connectivity index (χ0n) is 25.8. The Morgan fingerprint density at radius 2 is 1.77 bits per heavy atom. The molecule has 0 atom stereocenters. The van der Waals surface area contributed by atoms with Gasteiger partial charge in [0.15, 0.2) is 5.82 Å². The van der Waals surface area contributed by atoms with Crippen molar-refractivity contribution in [3.05, 3.63) is 53.6 Å². The van der Waals surface area contributed by atoms with Gasteiger partial charge in [0, 0.05) is 43.7 Å². The fourth-order valence-corrected chi connectivity index (χ4v) is 5.99. The summed E-state index contributed by atoms with van der Waals surface area (Å²) in [4.78, 5) is 9.12. The number of piperidine rings is 1. The molecule has 43 heavy (non-hydrogen) atoms. The summed E-state index contributed by atoms with van der Waals surface area (Å²) in [6.45, 7) is 7.46. The van der Waals surface area contributed by atoms with Gasteiger partial charge in [-0.05, 0) is 49.9 Å². The van der Waals surface area contributed by atoms with Gasteiger partial charge in [0.25, 0.3) is 0 Å². The summed E-state index contributed by atoms with van der Waals surface area (Å²) in [5.74, 6) is 1.86. The summed E-state index contributed by atoms with van der Waals surface area (Å²) >= 11 is 0. The number of benzene rings is 2. The molecule has 1 saturated heterocycles. The Bertz CT molecular complexity index is 1570. The molecule has 0 radical (unpaired) electrons. The van der Waals surface area contributed by atoms with Crippen LogP contribution in [0.15, 0.2) is 42.5 Å². The molecule has 5 rings (SSSR count). The predicted molar refractivity (Wildman–Crippen MR) is 176 cm³/mol. The molecule has 3 heterocycles. The SMILES string of the molecule is CCCCNc1nc(N)nc2c3ccccc3n(Cc3cc(CN)ccc3OC)c12.CCO.CS(=O)(=O)N1CCCCC1. The number of methoxy groups -OCH3 is 1. The van der Waals surface area contributed by atoms with E-state index in [1.165, 1.54) is 12.7 Å². The number of fused-ring (bicyclic) bond motifs is 3. The van der Waals surface area contributed by atoms with Crippen LogP contribution < -0.4 is 21.5 Å². The minimum Gasteiger partial charge on any atom is -0.496 e. The first-order valence-electron chi connectivity index (χ1n) is 14.9. The lowest BCUT2D eigenvalue weighted by Crippen LogP contribution is -2.34. The van der Waals surface area contributed by atoms with Gasteiger partial charge in [-0.2, -0.15) is 4.98 Å². The minimum atomic E-state index is -2.89. The lowest BCUT2D eigenvalue weighted by Gasteiger charge is -2.23. The molecule has 1 aliphatic rings. The van der Waals surface area contributed by atoms with Crippen molar-refractivity contribution in [1.29, 1.82) is 0 Å². The van der Waals surface area contributed by atoms with Crippen molar-refractivity contribution in [3.63, 3.8) is 0 Å². The molecule has 12 heteroatoms. The third-order valence-corrected chi connectivity index (χ3v) is 8.44. The van der Waals surface area contributed by atoms with Crippen LogP contribution in [0.5, 0.6) is 5.75 Å². The number of aliphatic hydroxyl groups is 1. The number of hydrogen-bond donors (Lipinski definition) is 4. The maximum Gasteiger partial charge on any atom is 0.222 e. The van der Waals surface area contributed by atoms with E-state index in [2.05, 4.69) is 45.0 Å². The van der Waals surface area contributed by atoms with Gasteiger partial charge in [0.05, 0.1) is 25.4 Å². The molecule has 236 valence electrons. The monoisotopic (exact) mass is 613 g/mol. The fourth-order valence-electron chi connectivity index (χ4n) is 5.07. The van der Waals surface area contributed by atoms with Crippen LogP contribution in [0.3, 0.4) is 0 Å². The number of hydrogen-bond acceptors (Lipinski definition) is 9. The number of aromatic nitrogens is 3. The second kappa shape index (κ2) is 16.4. The summed E-state index contributed by atoms with van der Waals surface area (Å²) in [6.07, 6.45) is 6.64. The Labute approximate surface area is 255 Å². The van der Waals surface area contributed by atoms with Crippen molar-refractivity contribution in [2.75, 3.05) is 50.7 Å². The molecule has 4 aromatic rings. The Morgan fingerprint density at radius 3 is 2.37 bits per heavy atom. The lowest BCUT2D eigenvalue weighted by molar-refractivity contribution is 0.318. The van der Waals surface area contributed by atoms with Crippen LogP contribution in [0.2, 0.25) is 0 Å². The number of aliphatic hydroxyl groups excluding tert-OH is 1. The summed E-state index contributed by atoms with van der Waals surface area (Å²) < 4.78 is 31.2. The van der Waals surface area contributed by atoms with Crippen LogP contribution in [0.4, 0.5) is 11.8 Å². The summed E-state index contributed by atoms with van der Waals surface area (Å²) in [7, 11) is -1.20. The van der Waals surface area contributed by atoms with Gasteiger partial charge >= 0.3 is 0 Å². The quantitative estimate of drug-likeness (QED) is 0.201. The van der Waals surface area contributed by atoms with Crippen molar-refractivity contribution in [3.8, 4) is 5.75 Å². The molecular weight excluding hydrogens is 566 g/mol. The van der Waals surface area contributed by atoms with Crippen molar-refractivity contribution in [2.45, 2.75) is 59.0 Å². The summed E-state index contributed by atoms with van der Waals surface area (Å²) in [6, 6.07) is 14.3. The topological polar surface area (TPSA) is 162 Å². The van der Waals surface area contributed by atoms with E-state index in [0.29, 0.717) is 13.1 Å². The molecule has 0 spiro atoms. The van der Waals surface area contributed by atoms with E-state index < -0.39 is 10.0 Å². The van der Waals surface area contributed by atoms with Crippen LogP contribution in [0, 0.1) is 0 Å². The van der Waals surface area contributed by atoms with E-state index in [4.69, 9.17) is 21.3 Å². The van der Waals surface area contributed by atoms with E-state index >= 15 is 0 Å². The molecule has 0 aliphatic carbocycles. The standard InChI is InChI=1S/C23H28N6O.C6H13NO2S.C2H6O/c1-3-4-11-26-22-21-20(27-23(25)28-22)17-7-5-6-8-18(17)29(21)14-16-12-15(13-24)9-10-19(16)30-2;1-10(8,9)7-5-3-2-4-6-7;1-2-3/h5-10,12H,3-4,11,13-14,24H2,1-2H3,(H3,25,26,27,28);2-6H2,1H3;3H,2H2,1H3. The van der Waals surface area contributed by atoms with Crippen LogP contribution >= 0.6 is 0 Å². The van der Waals surface area contributed by atoms with Crippen molar-refractivity contribution in [1.82, 2.24) is 18.8 Å². The highest BCUT2D eigenvalue weighted by Gasteiger charge is 2.19. The van der Waals surface area contributed by atoms with Gasteiger partial charge in [-0.3, -0.25) is 0 Å². The van der Waals surface area contributed by atoms with Gasteiger partial charge in [-0.1, -0.05) is 44.0 Å². The maximum atomic E-state index is 10.9. The Hall–Kier alpha value is -3.45. The van der Waals surface area contributed by atoms with Gasteiger partial charge in [-0.25, -0.2) is 17.7 Å². The number of unbranched alkanes of at least 4 members (excludes halogenated alkanes) is 1. The lowest BCUT2D eigenvalue weighted by atomic mass is 10.1. The van der Waals surface area contributed by atoms with Crippen molar-refractivity contribution in [2.24, 2.45) is 5.73 Å². The van der Waals surface area contributed by atoms with Crippen LogP contribution in [-0.4, -0.2) is 72.0 Å². The van der Waals surface area contributed by atoms with Crippen molar-refractivity contribution < 1.29 is 18.3 Å². The highest BCUT2D eigenvalue weighted by atomic mass is 32.2. The van der Waals surface area contributed by atoms with Gasteiger partial charge in [0.1, 0.15) is 16.8 Å². The van der Waals surface area contributed by atoms with E-state index in [1.54, 1.807) is 18.3 Å². The zero-order valence-corrected chi connectivity index (χ0v) is 26.7. The second-order valence-corrected chi connectivity index (χ2v) is 12.4. The van der Waals surface area contributed by atoms with Crippen LogP contribution in [-0.2, 0) is 23.1 Å². The summed E-state index contributed by atoms with van der Waals surface area (Å²) in [5, 5.41) is 12.1. The highest BCUT2D eigenvalue weighted by Crippen LogP contribution is 2.34. The number of rotatable bonds is 9. The molecule has 0 amide bonds. The van der Waals surface area contributed by atoms with Crippen LogP contribution in [0.25, 0.3) is 21.9 Å². The normalized spacial score (nSPS) is 13.6. The first-order chi connectivity index (χ1) is 20.7. The maximum absolute atomic E-state index is 10.9. The zero-order chi connectivity index (χ0) is 31.4.